The molecule has 8 rings (SSSR count). The van der Waals surface area contributed by atoms with E-state index in [9.17, 15) is 9.59 Å². The molecule has 1 aromatic heterocycles. The summed E-state index contributed by atoms with van der Waals surface area (Å²) in [5.41, 5.74) is 3.10. The Morgan fingerprint density at radius 1 is 0.830 bits per heavy atom. The molecule has 10 heteroatoms. The van der Waals surface area contributed by atoms with Gasteiger partial charge in [0.05, 0.1) is 6.54 Å². The standard InChI is InChI=1S/C37H52N6O2.2ClH/c1-36-13-11-27(44)23-26(36)7-8-28-29-9-10-31(37(29,2)14-12-30(28)36)32(45)25-40-19-21-42(22-20-40)34-24-33(41-15-3-4-16-41)38-35(39-34)43-17-5-6-18-43;;/h12,23-24,28-29,31H,3-11,13-22,25H2,1-2H3;2*1H/t28-,29-,31+,36-,37-;;/m0../s1. The molecule has 5 atom stereocenters. The number of anilines is 3. The highest BCUT2D eigenvalue weighted by Gasteiger charge is 2.57. The number of ketones is 2. The molecular formula is C37H54Cl2N6O2. The number of halogens is 2. The topological polar surface area (TPSA) is 72.9 Å². The maximum absolute atomic E-state index is 14.0. The zero-order valence-electron chi connectivity index (χ0n) is 28.4. The molecule has 0 unspecified atom stereocenters. The second-order valence-corrected chi connectivity index (χ2v) is 15.7. The third-order valence-electron chi connectivity index (χ3n) is 13.3. The molecule has 0 spiro atoms. The summed E-state index contributed by atoms with van der Waals surface area (Å²) in [6, 6.07) is 2.21. The lowest BCUT2D eigenvalue weighted by Gasteiger charge is -2.53. The van der Waals surface area contributed by atoms with Gasteiger partial charge in [-0.15, -0.1) is 24.8 Å². The number of nitrogens with zero attached hydrogens (tertiary/aromatic N) is 6. The average Bonchev–Trinajstić information content (AvgIpc) is 3.83. The zero-order valence-corrected chi connectivity index (χ0v) is 30.1. The van der Waals surface area contributed by atoms with Gasteiger partial charge in [-0.1, -0.05) is 31.1 Å². The number of rotatable bonds is 6. The van der Waals surface area contributed by atoms with Crippen LogP contribution in [0.2, 0.25) is 0 Å². The monoisotopic (exact) mass is 684 g/mol. The number of hydrogen-bond acceptors (Lipinski definition) is 8. The molecule has 0 radical (unpaired) electrons. The second-order valence-electron chi connectivity index (χ2n) is 15.7. The van der Waals surface area contributed by atoms with Crippen LogP contribution in [0.5, 0.6) is 0 Å². The summed E-state index contributed by atoms with van der Waals surface area (Å²) in [6.07, 6.45) is 16.5. The van der Waals surface area contributed by atoms with E-state index < -0.39 is 0 Å². The van der Waals surface area contributed by atoms with E-state index in [1.165, 1.54) is 37.7 Å². The van der Waals surface area contributed by atoms with Crippen molar-refractivity contribution in [3.05, 3.63) is 29.4 Å². The first-order chi connectivity index (χ1) is 21.8. The maximum Gasteiger partial charge on any atom is 0.229 e. The Balaban J connectivity index is 0.00000193. The minimum absolute atomic E-state index is 0. The second kappa shape index (κ2) is 13.6. The van der Waals surface area contributed by atoms with Gasteiger partial charge >= 0.3 is 0 Å². The van der Waals surface area contributed by atoms with E-state index in [-0.39, 0.29) is 41.6 Å². The van der Waals surface area contributed by atoms with E-state index in [1.807, 2.05) is 6.08 Å². The van der Waals surface area contributed by atoms with Crippen LogP contribution in [0.25, 0.3) is 0 Å². The molecule has 7 aliphatic rings. The Labute approximate surface area is 293 Å². The Morgan fingerprint density at radius 2 is 1.47 bits per heavy atom. The van der Waals surface area contributed by atoms with Gasteiger partial charge in [0.1, 0.15) is 17.4 Å². The smallest absolute Gasteiger partial charge is 0.229 e. The SMILES string of the molecule is C[C@]12CCC(=O)C=C1CC[C@@H]1C2=CC[C@]2(C)[C@@H](C(=O)CN3CCN(c4cc(N5CCCC5)nc(N5CCCC5)n4)CC3)CC[C@@H]12.Cl.Cl. The predicted molar refractivity (Wildman–Crippen MR) is 193 cm³/mol. The molecule has 3 saturated heterocycles. The van der Waals surface area contributed by atoms with Crippen LogP contribution >= 0.6 is 24.8 Å². The average molecular weight is 686 g/mol. The normalized spacial score (nSPS) is 33.7. The highest BCUT2D eigenvalue weighted by Crippen LogP contribution is 2.64. The van der Waals surface area contributed by atoms with E-state index in [0.29, 0.717) is 36.4 Å². The first-order valence-electron chi connectivity index (χ1n) is 18.2. The fraction of sp³-hybridized carbons (Fsp3) is 0.730. The van der Waals surface area contributed by atoms with Crippen molar-refractivity contribution in [3.63, 3.8) is 0 Å². The molecule has 47 heavy (non-hydrogen) atoms. The summed E-state index contributed by atoms with van der Waals surface area (Å²) in [6.45, 7) is 13.3. The van der Waals surface area contributed by atoms with Crippen LogP contribution in [-0.4, -0.2) is 85.3 Å². The summed E-state index contributed by atoms with van der Waals surface area (Å²) < 4.78 is 0. The minimum atomic E-state index is 0. The highest BCUT2D eigenvalue weighted by atomic mass is 35.5. The number of Topliss-reactive ketones (excluding diaryl/α,β-unsaturated/α-hetero) is 1. The largest absolute Gasteiger partial charge is 0.356 e. The molecule has 4 heterocycles. The van der Waals surface area contributed by atoms with Crippen molar-refractivity contribution in [2.75, 3.05) is 73.6 Å². The molecule has 5 fully saturated rings. The summed E-state index contributed by atoms with van der Waals surface area (Å²) in [7, 11) is 0. The van der Waals surface area contributed by atoms with E-state index in [0.717, 1.165) is 102 Å². The number of hydrogen-bond donors (Lipinski definition) is 0. The number of allylic oxidation sites excluding steroid dienone is 4. The first-order valence-corrected chi connectivity index (χ1v) is 18.2. The molecule has 1 aromatic rings. The lowest BCUT2D eigenvalue weighted by molar-refractivity contribution is -0.128. The molecular weight excluding hydrogens is 631 g/mol. The fourth-order valence-electron chi connectivity index (χ4n) is 10.6. The summed E-state index contributed by atoms with van der Waals surface area (Å²) in [5, 5.41) is 0. The number of carbonyl (C=O) groups excluding carboxylic acids is 2. The van der Waals surface area contributed by atoms with Crippen molar-refractivity contribution in [1.82, 2.24) is 14.9 Å². The fourth-order valence-corrected chi connectivity index (χ4v) is 10.6. The van der Waals surface area contributed by atoms with Crippen LogP contribution in [0.3, 0.4) is 0 Å². The van der Waals surface area contributed by atoms with Gasteiger partial charge in [-0.2, -0.15) is 9.97 Å². The van der Waals surface area contributed by atoms with Crippen LogP contribution in [0.1, 0.15) is 84.5 Å². The van der Waals surface area contributed by atoms with Crippen molar-refractivity contribution in [1.29, 1.82) is 0 Å². The lowest BCUT2D eigenvalue weighted by atomic mass is 9.51. The van der Waals surface area contributed by atoms with Gasteiger partial charge in [0, 0.05) is 76.2 Å². The van der Waals surface area contributed by atoms with Gasteiger partial charge in [-0.25, -0.2) is 0 Å². The quantitative estimate of drug-likeness (QED) is 0.325. The third kappa shape index (κ3) is 6.14. The van der Waals surface area contributed by atoms with Crippen molar-refractivity contribution in [3.8, 4) is 0 Å². The van der Waals surface area contributed by atoms with Crippen LogP contribution in [0.4, 0.5) is 17.6 Å². The van der Waals surface area contributed by atoms with Gasteiger partial charge < -0.3 is 14.7 Å². The van der Waals surface area contributed by atoms with Crippen molar-refractivity contribution in [2.24, 2.45) is 28.6 Å². The molecule has 4 aliphatic carbocycles. The maximum atomic E-state index is 14.0. The van der Waals surface area contributed by atoms with Gasteiger partial charge in [0.25, 0.3) is 0 Å². The molecule has 8 nitrogen and oxygen atoms in total. The van der Waals surface area contributed by atoms with Gasteiger partial charge in [0.2, 0.25) is 5.95 Å². The number of fused-ring (bicyclic) bond motifs is 5. The summed E-state index contributed by atoms with van der Waals surface area (Å²) in [4.78, 5) is 46.0. The summed E-state index contributed by atoms with van der Waals surface area (Å²) >= 11 is 0. The van der Waals surface area contributed by atoms with Crippen LogP contribution in [0, 0.1) is 28.6 Å². The number of piperazine rings is 1. The Kier molecular flexibility index (Phi) is 10.1. The summed E-state index contributed by atoms with van der Waals surface area (Å²) in [5.74, 6) is 5.13. The third-order valence-corrected chi connectivity index (χ3v) is 13.3. The highest BCUT2D eigenvalue weighted by molar-refractivity contribution is 5.92. The van der Waals surface area contributed by atoms with E-state index in [4.69, 9.17) is 9.97 Å². The molecule has 258 valence electrons. The van der Waals surface area contributed by atoms with E-state index >= 15 is 0 Å². The van der Waals surface area contributed by atoms with Gasteiger partial charge in [-0.3, -0.25) is 14.5 Å². The van der Waals surface area contributed by atoms with Crippen LogP contribution < -0.4 is 14.7 Å². The predicted octanol–water partition coefficient (Wildman–Crippen LogP) is 6.28. The molecule has 0 amide bonds. The van der Waals surface area contributed by atoms with Crippen LogP contribution in [-0.2, 0) is 9.59 Å². The molecule has 3 aliphatic heterocycles. The van der Waals surface area contributed by atoms with Gasteiger partial charge in [-0.05, 0) is 87.5 Å². The molecule has 0 N–H and O–H groups in total. The molecule has 0 aromatic carbocycles. The number of carbonyl (C=O) groups is 2. The van der Waals surface area contributed by atoms with E-state index in [1.54, 1.807) is 5.57 Å². The Hall–Kier alpha value is -2.16. The van der Waals surface area contributed by atoms with Crippen LogP contribution in [0.15, 0.2) is 29.4 Å². The Bertz CT molecular complexity index is 1380. The zero-order chi connectivity index (χ0) is 30.8. The first kappa shape index (κ1) is 34.7. The lowest BCUT2D eigenvalue weighted by Crippen LogP contribution is -2.50. The Morgan fingerprint density at radius 3 is 2.15 bits per heavy atom. The van der Waals surface area contributed by atoms with E-state index in [2.05, 4.69) is 45.6 Å². The van der Waals surface area contributed by atoms with Crippen molar-refractivity contribution >= 4 is 54.0 Å². The number of aromatic nitrogens is 2. The van der Waals surface area contributed by atoms with Crippen molar-refractivity contribution < 1.29 is 9.59 Å². The van der Waals surface area contributed by atoms with Gasteiger partial charge in [0.15, 0.2) is 5.78 Å². The van der Waals surface area contributed by atoms with Crippen molar-refractivity contribution in [2.45, 2.75) is 84.5 Å². The minimum Gasteiger partial charge on any atom is -0.356 e. The molecule has 2 saturated carbocycles. The molecule has 0 bridgehead atoms.